The summed E-state index contributed by atoms with van der Waals surface area (Å²) >= 11 is 5.90. The van der Waals surface area contributed by atoms with Crippen LogP contribution in [-0.4, -0.2) is 14.5 Å². The molecule has 0 saturated carbocycles. The van der Waals surface area contributed by atoms with Gasteiger partial charge < -0.3 is 14.2 Å². The molecule has 0 radical (unpaired) electrons. The Balaban J connectivity index is 1.84. The Kier molecular flexibility index (Phi) is 3.01. The van der Waals surface area contributed by atoms with Gasteiger partial charge in [0.1, 0.15) is 12.3 Å². The summed E-state index contributed by atoms with van der Waals surface area (Å²) in [6.45, 7) is 0.320. The van der Waals surface area contributed by atoms with Crippen molar-refractivity contribution in [1.82, 2.24) is 9.38 Å². The smallest absolute Gasteiger partial charge is 0.161 e. The SMILES string of the molecule is Oc1ccccc1OCc1cnc2cc(Cl)ccn12. The van der Waals surface area contributed by atoms with Gasteiger partial charge in [-0.2, -0.15) is 0 Å². The van der Waals surface area contributed by atoms with Crippen molar-refractivity contribution >= 4 is 17.2 Å². The summed E-state index contributed by atoms with van der Waals surface area (Å²) < 4.78 is 7.47. The maximum Gasteiger partial charge on any atom is 0.161 e. The van der Waals surface area contributed by atoms with Gasteiger partial charge in [0.15, 0.2) is 11.5 Å². The molecule has 0 saturated heterocycles. The Labute approximate surface area is 114 Å². The van der Waals surface area contributed by atoms with Crippen LogP contribution in [0.3, 0.4) is 0 Å². The van der Waals surface area contributed by atoms with Crippen molar-refractivity contribution < 1.29 is 9.84 Å². The lowest BCUT2D eigenvalue weighted by atomic mass is 10.3. The molecular weight excluding hydrogens is 264 g/mol. The average Bonchev–Trinajstić information content (AvgIpc) is 2.80. The Bertz CT molecular complexity index is 724. The number of phenols is 1. The van der Waals surface area contributed by atoms with E-state index in [2.05, 4.69) is 4.98 Å². The van der Waals surface area contributed by atoms with Gasteiger partial charge >= 0.3 is 0 Å². The van der Waals surface area contributed by atoms with Crippen LogP contribution in [0.2, 0.25) is 5.02 Å². The standard InChI is InChI=1S/C14H11ClN2O2/c15-10-5-6-17-11(8-16-14(17)7-10)9-19-13-4-2-1-3-12(13)18/h1-8,18H,9H2. The first-order valence-electron chi connectivity index (χ1n) is 5.76. The number of phenolic OH excluding ortho intramolecular Hbond substituents is 1. The highest BCUT2D eigenvalue weighted by Crippen LogP contribution is 2.25. The normalized spacial score (nSPS) is 10.8. The van der Waals surface area contributed by atoms with Gasteiger partial charge in [0.05, 0.1) is 11.9 Å². The number of fused-ring (bicyclic) bond motifs is 1. The fourth-order valence-electron chi connectivity index (χ4n) is 1.85. The summed E-state index contributed by atoms with van der Waals surface area (Å²) in [6, 6.07) is 10.4. The summed E-state index contributed by atoms with van der Waals surface area (Å²) in [7, 11) is 0. The minimum Gasteiger partial charge on any atom is -0.504 e. The molecule has 5 heteroatoms. The highest BCUT2D eigenvalue weighted by Gasteiger charge is 2.06. The molecule has 0 amide bonds. The minimum absolute atomic E-state index is 0.124. The van der Waals surface area contributed by atoms with Gasteiger partial charge in [-0.05, 0) is 24.3 Å². The summed E-state index contributed by atoms with van der Waals surface area (Å²) in [5.41, 5.74) is 1.65. The Morgan fingerprint density at radius 2 is 2.11 bits per heavy atom. The van der Waals surface area contributed by atoms with Gasteiger partial charge in [0.2, 0.25) is 0 Å². The van der Waals surface area contributed by atoms with Crippen LogP contribution in [0.15, 0.2) is 48.8 Å². The maximum atomic E-state index is 9.62. The van der Waals surface area contributed by atoms with Gasteiger partial charge in [-0.3, -0.25) is 0 Å². The quantitative estimate of drug-likeness (QED) is 0.797. The molecule has 0 aliphatic heterocycles. The lowest BCUT2D eigenvalue weighted by molar-refractivity contribution is 0.284. The first-order valence-corrected chi connectivity index (χ1v) is 6.14. The third-order valence-corrected chi connectivity index (χ3v) is 3.03. The molecule has 0 atom stereocenters. The van der Waals surface area contributed by atoms with Crippen molar-refractivity contribution in [2.75, 3.05) is 0 Å². The van der Waals surface area contributed by atoms with Gasteiger partial charge in [-0.25, -0.2) is 4.98 Å². The summed E-state index contributed by atoms with van der Waals surface area (Å²) in [5.74, 6) is 0.575. The molecule has 4 nitrogen and oxygen atoms in total. The zero-order chi connectivity index (χ0) is 13.2. The van der Waals surface area contributed by atoms with E-state index in [4.69, 9.17) is 16.3 Å². The first-order chi connectivity index (χ1) is 9.24. The Morgan fingerprint density at radius 3 is 2.95 bits per heavy atom. The second-order valence-corrected chi connectivity index (χ2v) is 4.52. The van der Waals surface area contributed by atoms with Crippen molar-refractivity contribution in [3.8, 4) is 11.5 Å². The van der Waals surface area contributed by atoms with E-state index in [1.54, 1.807) is 36.5 Å². The van der Waals surface area contributed by atoms with Crippen LogP contribution in [0.25, 0.3) is 5.65 Å². The van der Waals surface area contributed by atoms with E-state index in [0.29, 0.717) is 17.4 Å². The van der Waals surface area contributed by atoms with Crippen LogP contribution in [0.5, 0.6) is 11.5 Å². The van der Waals surface area contributed by atoms with Crippen LogP contribution in [0.4, 0.5) is 0 Å². The molecule has 0 fully saturated rings. The molecule has 1 aromatic carbocycles. The van der Waals surface area contributed by atoms with Crippen molar-refractivity contribution in [1.29, 1.82) is 0 Å². The minimum atomic E-state index is 0.124. The second kappa shape index (κ2) is 4.82. The number of para-hydroxylation sites is 2. The van der Waals surface area contributed by atoms with Crippen LogP contribution in [0.1, 0.15) is 5.69 Å². The summed E-state index contributed by atoms with van der Waals surface area (Å²) in [6.07, 6.45) is 3.57. The molecular formula is C14H11ClN2O2. The number of aromatic hydroxyl groups is 1. The molecule has 96 valence electrons. The zero-order valence-electron chi connectivity index (χ0n) is 9.95. The molecule has 2 heterocycles. The second-order valence-electron chi connectivity index (χ2n) is 4.08. The van der Waals surface area contributed by atoms with Crippen molar-refractivity contribution in [3.63, 3.8) is 0 Å². The number of pyridine rings is 1. The number of nitrogens with zero attached hydrogens (tertiary/aromatic N) is 2. The zero-order valence-corrected chi connectivity index (χ0v) is 10.7. The van der Waals surface area contributed by atoms with E-state index in [1.807, 2.05) is 16.7 Å². The molecule has 2 aromatic heterocycles. The predicted molar refractivity (Wildman–Crippen MR) is 72.6 cm³/mol. The molecule has 3 rings (SSSR count). The third kappa shape index (κ3) is 2.35. The lowest BCUT2D eigenvalue weighted by Gasteiger charge is -2.07. The number of ether oxygens (including phenoxy) is 1. The van der Waals surface area contributed by atoms with E-state index in [-0.39, 0.29) is 5.75 Å². The van der Waals surface area contributed by atoms with Crippen molar-refractivity contribution in [2.24, 2.45) is 0 Å². The van der Waals surface area contributed by atoms with E-state index < -0.39 is 0 Å². The molecule has 0 unspecified atom stereocenters. The van der Waals surface area contributed by atoms with Gasteiger partial charge in [-0.1, -0.05) is 23.7 Å². The number of benzene rings is 1. The van der Waals surface area contributed by atoms with Crippen molar-refractivity contribution in [2.45, 2.75) is 6.61 Å². The van der Waals surface area contributed by atoms with Crippen LogP contribution >= 0.6 is 11.6 Å². The monoisotopic (exact) mass is 274 g/mol. The van der Waals surface area contributed by atoms with E-state index >= 15 is 0 Å². The third-order valence-electron chi connectivity index (χ3n) is 2.79. The number of halogens is 1. The molecule has 0 aliphatic carbocycles. The fourth-order valence-corrected chi connectivity index (χ4v) is 2.00. The Hall–Kier alpha value is -2.20. The number of hydrogen-bond acceptors (Lipinski definition) is 3. The average molecular weight is 275 g/mol. The maximum absolute atomic E-state index is 9.62. The van der Waals surface area contributed by atoms with Gasteiger partial charge in [0.25, 0.3) is 0 Å². The molecule has 3 aromatic rings. The first kappa shape index (κ1) is 11.9. The highest BCUT2D eigenvalue weighted by molar-refractivity contribution is 6.30. The molecule has 0 aliphatic rings. The highest BCUT2D eigenvalue weighted by atomic mass is 35.5. The van der Waals surface area contributed by atoms with E-state index in [9.17, 15) is 5.11 Å². The van der Waals surface area contributed by atoms with Crippen LogP contribution in [0, 0.1) is 0 Å². The van der Waals surface area contributed by atoms with Gasteiger partial charge in [-0.15, -0.1) is 0 Å². The van der Waals surface area contributed by atoms with E-state index in [1.165, 1.54) is 0 Å². The number of aromatic nitrogens is 2. The Morgan fingerprint density at radius 1 is 1.26 bits per heavy atom. The van der Waals surface area contributed by atoms with Crippen LogP contribution in [-0.2, 0) is 6.61 Å². The van der Waals surface area contributed by atoms with Crippen LogP contribution < -0.4 is 4.74 Å². The fraction of sp³-hybridized carbons (Fsp3) is 0.0714. The largest absolute Gasteiger partial charge is 0.504 e. The van der Waals surface area contributed by atoms with E-state index in [0.717, 1.165) is 11.3 Å². The number of hydrogen-bond donors (Lipinski definition) is 1. The molecule has 19 heavy (non-hydrogen) atoms. The van der Waals surface area contributed by atoms with Gasteiger partial charge in [0, 0.05) is 11.2 Å². The summed E-state index contributed by atoms with van der Waals surface area (Å²) in [5, 5.41) is 10.3. The van der Waals surface area contributed by atoms with Crippen molar-refractivity contribution in [3.05, 3.63) is 59.5 Å². The number of rotatable bonds is 3. The lowest BCUT2D eigenvalue weighted by Crippen LogP contribution is -1.99. The topological polar surface area (TPSA) is 46.8 Å². The summed E-state index contributed by atoms with van der Waals surface area (Å²) in [4.78, 5) is 4.25. The predicted octanol–water partition coefficient (Wildman–Crippen LogP) is 3.27. The molecule has 1 N–H and O–H groups in total. The molecule has 0 bridgehead atoms. The molecule has 0 spiro atoms. The number of imidazole rings is 1.